The molecule has 12 nitrogen and oxygen atoms in total. The summed E-state index contributed by atoms with van der Waals surface area (Å²) in [6, 6.07) is 5.01. The molecule has 0 bridgehead atoms. The predicted molar refractivity (Wildman–Crippen MR) is 154 cm³/mol. The van der Waals surface area contributed by atoms with Crippen LogP contribution in [0.1, 0.15) is 45.1 Å². The quantitative estimate of drug-likeness (QED) is 0.0720. The zero-order valence-corrected chi connectivity index (χ0v) is 23.7. The van der Waals surface area contributed by atoms with Gasteiger partial charge in [-0.2, -0.15) is 11.8 Å². The third-order valence-electron chi connectivity index (χ3n) is 5.79. The highest BCUT2D eigenvalue weighted by atomic mass is 32.2. The van der Waals surface area contributed by atoms with Crippen molar-refractivity contribution < 1.29 is 24.3 Å². The van der Waals surface area contributed by atoms with Crippen LogP contribution < -0.4 is 33.2 Å². The predicted octanol–water partition coefficient (Wildman–Crippen LogP) is -0.0518. The van der Waals surface area contributed by atoms with Gasteiger partial charge in [-0.3, -0.25) is 19.4 Å². The lowest BCUT2D eigenvalue weighted by molar-refractivity contribution is -0.142. The molecule has 0 aliphatic rings. The van der Waals surface area contributed by atoms with Crippen molar-refractivity contribution in [2.45, 2.75) is 70.1 Å². The van der Waals surface area contributed by atoms with Gasteiger partial charge in [0, 0.05) is 13.0 Å². The van der Waals surface area contributed by atoms with Crippen LogP contribution >= 0.6 is 11.8 Å². The second-order valence-corrected chi connectivity index (χ2v) is 10.7. The number of amides is 3. The average molecular weight is 566 g/mol. The maximum atomic E-state index is 13.4. The molecule has 0 radical (unpaired) electrons. The van der Waals surface area contributed by atoms with Crippen molar-refractivity contribution in [3.63, 3.8) is 0 Å². The van der Waals surface area contributed by atoms with Crippen molar-refractivity contribution in [2.75, 3.05) is 18.6 Å². The molecule has 0 aromatic heterocycles. The molecule has 10 N–H and O–H groups in total. The minimum Gasteiger partial charge on any atom is -0.480 e. The first-order valence-electron chi connectivity index (χ1n) is 12.9. The molecule has 39 heavy (non-hydrogen) atoms. The number of aliphatic carboxylic acids is 1. The summed E-state index contributed by atoms with van der Waals surface area (Å²) in [5, 5.41) is 17.5. The number of carbonyl (C=O) groups excluding carboxylic acids is 3. The molecule has 1 aromatic carbocycles. The number of aliphatic imine (C=N–C) groups is 1. The van der Waals surface area contributed by atoms with E-state index in [9.17, 15) is 24.3 Å². The number of benzene rings is 1. The monoisotopic (exact) mass is 565 g/mol. The van der Waals surface area contributed by atoms with Crippen LogP contribution in [0.15, 0.2) is 35.3 Å². The summed E-state index contributed by atoms with van der Waals surface area (Å²) in [4.78, 5) is 55.0. The Morgan fingerprint density at radius 1 is 0.923 bits per heavy atom. The zero-order chi connectivity index (χ0) is 29.4. The Morgan fingerprint density at radius 2 is 1.51 bits per heavy atom. The fourth-order valence-electron chi connectivity index (χ4n) is 3.72. The number of guanidine groups is 1. The van der Waals surface area contributed by atoms with Gasteiger partial charge >= 0.3 is 5.97 Å². The Morgan fingerprint density at radius 3 is 2.08 bits per heavy atom. The van der Waals surface area contributed by atoms with Gasteiger partial charge in [0.25, 0.3) is 0 Å². The van der Waals surface area contributed by atoms with E-state index in [0.29, 0.717) is 18.6 Å². The molecule has 4 unspecified atom stereocenters. The summed E-state index contributed by atoms with van der Waals surface area (Å²) >= 11 is 1.55. The number of rotatable bonds is 18. The lowest BCUT2D eigenvalue weighted by Gasteiger charge is -2.25. The van der Waals surface area contributed by atoms with Gasteiger partial charge in [0.05, 0.1) is 6.04 Å². The van der Waals surface area contributed by atoms with Crippen LogP contribution in [0.4, 0.5) is 0 Å². The summed E-state index contributed by atoms with van der Waals surface area (Å²) < 4.78 is 0. The SMILES string of the molecule is CSCCC(N)C(=O)NC(CCCN=C(N)N)C(=O)NC(Cc1ccccc1)C(=O)NC(CC(C)C)C(=O)O. The van der Waals surface area contributed by atoms with E-state index in [2.05, 4.69) is 20.9 Å². The lowest BCUT2D eigenvalue weighted by Crippen LogP contribution is -2.57. The molecule has 0 aliphatic carbocycles. The van der Waals surface area contributed by atoms with E-state index in [1.54, 1.807) is 36.0 Å². The third-order valence-corrected chi connectivity index (χ3v) is 6.43. The molecule has 4 atom stereocenters. The van der Waals surface area contributed by atoms with Gasteiger partial charge in [-0.1, -0.05) is 44.2 Å². The number of hydrogen-bond donors (Lipinski definition) is 7. The number of nitrogens with zero attached hydrogens (tertiary/aromatic N) is 1. The number of thioether (sulfide) groups is 1. The lowest BCUT2D eigenvalue weighted by atomic mass is 10.0. The molecule has 0 fully saturated rings. The molecule has 0 spiro atoms. The maximum absolute atomic E-state index is 13.4. The van der Waals surface area contributed by atoms with Crippen LogP contribution in [0.5, 0.6) is 0 Å². The van der Waals surface area contributed by atoms with Gasteiger partial charge in [0.1, 0.15) is 18.1 Å². The smallest absolute Gasteiger partial charge is 0.326 e. The van der Waals surface area contributed by atoms with Gasteiger partial charge in [0.15, 0.2) is 5.96 Å². The van der Waals surface area contributed by atoms with Crippen LogP contribution in [-0.4, -0.2) is 77.5 Å². The molecule has 13 heteroatoms. The Bertz CT molecular complexity index is 957. The number of hydrogen-bond acceptors (Lipinski definition) is 7. The number of carboxylic acid groups (broad SMARTS) is 1. The van der Waals surface area contributed by atoms with Gasteiger partial charge in [0.2, 0.25) is 17.7 Å². The van der Waals surface area contributed by atoms with Gasteiger partial charge in [-0.05, 0) is 49.2 Å². The zero-order valence-electron chi connectivity index (χ0n) is 22.9. The first-order chi connectivity index (χ1) is 18.4. The van der Waals surface area contributed by atoms with E-state index in [1.807, 2.05) is 26.2 Å². The topological polar surface area (TPSA) is 215 Å². The Balaban J connectivity index is 3.13. The van der Waals surface area contributed by atoms with Crippen molar-refractivity contribution in [3.8, 4) is 0 Å². The molecule has 0 heterocycles. The molecule has 1 rings (SSSR count). The van der Waals surface area contributed by atoms with Crippen molar-refractivity contribution in [1.82, 2.24) is 16.0 Å². The molecule has 0 saturated carbocycles. The van der Waals surface area contributed by atoms with Crippen molar-refractivity contribution in [3.05, 3.63) is 35.9 Å². The van der Waals surface area contributed by atoms with Gasteiger partial charge < -0.3 is 38.3 Å². The molecule has 1 aromatic rings. The van der Waals surface area contributed by atoms with E-state index in [1.165, 1.54) is 0 Å². The average Bonchev–Trinajstić information content (AvgIpc) is 2.87. The fraction of sp³-hybridized carbons (Fsp3) is 0.577. The summed E-state index contributed by atoms with van der Waals surface area (Å²) in [7, 11) is 0. The van der Waals surface area contributed by atoms with Crippen molar-refractivity contribution in [2.24, 2.45) is 28.1 Å². The van der Waals surface area contributed by atoms with Gasteiger partial charge in [-0.15, -0.1) is 0 Å². The standard InChI is InChI=1S/C26H43N7O5S/c1-16(2)14-21(25(37)38)33-24(36)20(15-17-8-5-4-6-9-17)32-23(35)19(10-7-12-30-26(28)29)31-22(34)18(27)11-13-39-3/h4-6,8-9,16,18-21H,7,10-15,27H2,1-3H3,(H,31,34)(H,32,35)(H,33,36)(H,37,38)(H4,28,29,30). The maximum Gasteiger partial charge on any atom is 0.326 e. The second kappa shape index (κ2) is 18.1. The summed E-state index contributed by atoms with van der Waals surface area (Å²) in [6.07, 6.45) is 3.24. The normalized spacial score (nSPS) is 14.0. The minimum atomic E-state index is -1.16. The Hall–Kier alpha value is -3.32. The highest BCUT2D eigenvalue weighted by molar-refractivity contribution is 7.98. The van der Waals surface area contributed by atoms with Crippen molar-refractivity contribution in [1.29, 1.82) is 0 Å². The van der Waals surface area contributed by atoms with Crippen molar-refractivity contribution >= 4 is 41.4 Å². The van der Waals surface area contributed by atoms with Crippen LogP contribution in [0.25, 0.3) is 0 Å². The van der Waals surface area contributed by atoms with Crippen LogP contribution in [-0.2, 0) is 25.6 Å². The minimum absolute atomic E-state index is 0.0219. The van der Waals surface area contributed by atoms with Crippen LogP contribution in [0, 0.1) is 5.92 Å². The highest BCUT2D eigenvalue weighted by Crippen LogP contribution is 2.09. The highest BCUT2D eigenvalue weighted by Gasteiger charge is 2.30. The summed E-state index contributed by atoms with van der Waals surface area (Å²) in [5.74, 6) is -2.28. The largest absolute Gasteiger partial charge is 0.480 e. The van der Waals surface area contributed by atoms with E-state index in [4.69, 9.17) is 17.2 Å². The number of carboxylic acids is 1. The Labute approximate surface area is 234 Å². The van der Waals surface area contributed by atoms with E-state index in [-0.39, 0.29) is 37.7 Å². The van der Waals surface area contributed by atoms with E-state index >= 15 is 0 Å². The fourth-order valence-corrected chi connectivity index (χ4v) is 4.21. The number of carbonyl (C=O) groups is 4. The van der Waals surface area contributed by atoms with E-state index < -0.39 is 47.9 Å². The number of nitrogens with one attached hydrogen (secondary N) is 3. The molecule has 218 valence electrons. The first-order valence-corrected chi connectivity index (χ1v) is 14.3. The first kappa shape index (κ1) is 33.7. The van der Waals surface area contributed by atoms with Gasteiger partial charge in [-0.25, -0.2) is 4.79 Å². The van der Waals surface area contributed by atoms with Crippen LogP contribution in [0.3, 0.4) is 0 Å². The third kappa shape index (κ3) is 13.9. The molecular formula is C26H43N7O5S. The Kier molecular flexibility index (Phi) is 15.6. The second-order valence-electron chi connectivity index (χ2n) is 9.68. The molecule has 0 aliphatic heterocycles. The van der Waals surface area contributed by atoms with E-state index in [0.717, 1.165) is 5.56 Å². The number of nitrogens with two attached hydrogens (primary N) is 3. The van der Waals surface area contributed by atoms with Crippen LogP contribution in [0.2, 0.25) is 0 Å². The molecule has 0 saturated heterocycles. The molecular weight excluding hydrogens is 522 g/mol. The summed E-state index contributed by atoms with van der Waals surface area (Å²) in [5.41, 5.74) is 17.5. The molecule has 3 amide bonds. The summed E-state index contributed by atoms with van der Waals surface area (Å²) in [6.45, 7) is 3.94.